The molecule has 1 amide bonds. The topological polar surface area (TPSA) is 80.6 Å². The number of ether oxygens (including phenoxy) is 1. The molecule has 0 saturated heterocycles. The fourth-order valence-electron chi connectivity index (χ4n) is 2.27. The first-order chi connectivity index (χ1) is 11.6. The zero-order valence-electron chi connectivity index (χ0n) is 13.6. The summed E-state index contributed by atoms with van der Waals surface area (Å²) in [5.41, 5.74) is 0.865. The van der Waals surface area contributed by atoms with E-state index in [4.69, 9.17) is 4.74 Å². The number of methoxy groups -OCH3 is 1. The number of carbonyl (C=O) groups is 1. The van der Waals surface area contributed by atoms with Gasteiger partial charge in [-0.1, -0.05) is 18.2 Å². The number of carbonyl (C=O) groups excluding carboxylic acids is 1. The van der Waals surface area contributed by atoms with Crippen LogP contribution in [-0.4, -0.2) is 35.3 Å². The van der Waals surface area contributed by atoms with E-state index in [1.165, 1.54) is 10.6 Å². The zero-order valence-corrected chi connectivity index (χ0v) is 13.6. The Morgan fingerprint density at radius 2 is 2.00 bits per heavy atom. The summed E-state index contributed by atoms with van der Waals surface area (Å²) in [6.45, 7) is 0.265. The molecule has 0 spiro atoms. The normalized spacial score (nSPS) is 11.8. The van der Waals surface area contributed by atoms with Gasteiger partial charge in [-0.15, -0.1) is 0 Å². The van der Waals surface area contributed by atoms with Crippen LogP contribution >= 0.6 is 0 Å². The van der Waals surface area contributed by atoms with Crippen molar-refractivity contribution in [3.8, 4) is 5.75 Å². The van der Waals surface area contributed by atoms with Gasteiger partial charge in [0.25, 0.3) is 5.56 Å². The van der Waals surface area contributed by atoms with Crippen molar-refractivity contribution in [1.29, 1.82) is 0 Å². The Labute approximate surface area is 140 Å². The summed E-state index contributed by atoms with van der Waals surface area (Å²) in [5.74, 6) is 0.646. The van der Waals surface area contributed by atoms with Crippen molar-refractivity contribution < 1.29 is 14.6 Å². The van der Waals surface area contributed by atoms with Crippen LogP contribution in [0.5, 0.6) is 5.75 Å². The van der Waals surface area contributed by atoms with Crippen molar-refractivity contribution >= 4 is 5.91 Å². The Balaban J connectivity index is 1.72. The summed E-state index contributed by atoms with van der Waals surface area (Å²) in [7, 11) is 1.61. The molecular formula is C18H22N2O4. The lowest BCUT2D eigenvalue weighted by Crippen LogP contribution is -2.36. The summed E-state index contributed by atoms with van der Waals surface area (Å²) in [4.78, 5) is 23.4. The molecule has 1 aromatic heterocycles. The molecule has 128 valence electrons. The minimum absolute atomic E-state index is 0.114. The molecule has 6 heteroatoms. The van der Waals surface area contributed by atoms with Crippen molar-refractivity contribution in [2.45, 2.75) is 25.5 Å². The van der Waals surface area contributed by atoms with E-state index in [0.717, 1.165) is 11.3 Å². The van der Waals surface area contributed by atoms with Crippen LogP contribution in [0.25, 0.3) is 0 Å². The average molecular weight is 330 g/mol. The molecule has 0 bridgehead atoms. The maximum Gasteiger partial charge on any atom is 0.250 e. The molecule has 2 rings (SSSR count). The molecule has 0 aliphatic carbocycles. The smallest absolute Gasteiger partial charge is 0.250 e. The number of aliphatic hydroxyl groups is 1. The largest absolute Gasteiger partial charge is 0.497 e. The number of aromatic nitrogens is 1. The summed E-state index contributed by atoms with van der Waals surface area (Å²) in [6.07, 6.45) is 1.75. The van der Waals surface area contributed by atoms with Crippen molar-refractivity contribution in [2.24, 2.45) is 0 Å². The first-order valence-electron chi connectivity index (χ1n) is 7.81. The lowest BCUT2D eigenvalue weighted by Gasteiger charge is -2.13. The summed E-state index contributed by atoms with van der Waals surface area (Å²) >= 11 is 0. The van der Waals surface area contributed by atoms with Crippen LogP contribution < -0.4 is 15.6 Å². The molecule has 1 atom stereocenters. The molecule has 0 saturated carbocycles. The first-order valence-corrected chi connectivity index (χ1v) is 7.81. The molecule has 0 aliphatic heterocycles. The van der Waals surface area contributed by atoms with Crippen LogP contribution in [0, 0.1) is 0 Å². The Hall–Kier alpha value is -2.60. The second-order valence-corrected chi connectivity index (χ2v) is 5.50. The molecule has 0 radical (unpaired) electrons. The third kappa shape index (κ3) is 5.55. The van der Waals surface area contributed by atoms with Gasteiger partial charge in [0.1, 0.15) is 5.75 Å². The van der Waals surface area contributed by atoms with Gasteiger partial charge < -0.3 is 19.7 Å². The fourth-order valence-corrected chi connectivity index (χ4v) is 2.27. The minimum atomic E-state index is -0.810. The molecule has 6 nitrogen and oxygen atoms in total. The monoisotopic (exact) mass is 330 g/mol. The number of aliphatic hydroxyl groups excluding tert-OH is 1. The fraction of sp³-hybridized carbons (Fsp3) is 0.333. The average Bonchev–Trinajstić information content (AvgIpc) is 2.60. The molecule has 0 aliphatic rings. The van der Waals surface area contributed by atoms with E-state index in [-0.39, 0.29) is 24.6 Å². The number of nitrogens with one attached hydrogen (secondary N) is 1. The second kappa shape index (κ2) is 8.88. The number of benzene rings is 1. The molecule has 2 aromatic rings. The third-order valence-corrected chi connectivity index (χ3v) is 3.64. The van der Waals surface area contributed by atoms with Gasteiger partial charge in [-0.2, -0.15) is 0 Å². The van der Waals surface area contributed by atoms with E-state index in [9.17, 15) is 14.7 Å². The van der Waals surface area contributed by atoms with Crippen LogP contribution in [-0.2, 0) is 17.8 Å². The van der Waals surface area contributed by atoms with E-state index in [2.05, 4.69) is 5.32 Å². The van der Waals surface area contributed by atoms with Crippen LogP contribution in [0.1, 0.15) is 12.0 Å². The van der Waals surface area contributed by atoms with E-state index in [1.807, 2.05) is 24.3 Å². The van der Waals surface area contributed by atoms with Crippen LogP contribution in [0.3, 0.4) is 0 Å². The molecule has 24 heavy (non-hydrogen) atoms. The van der Waals surface area contributed by atoms with Crippen molar-refractivity contribution in [1.82, 2.24) is 9.88 Å². The number of aryl methyl sites for hydroxylation is 1. The molecule has 2 N–H and O–H groups in total. The van der Waals surface area contributed by atoms with Gasteiger partial charge in [-0.05, 0) is 30.2 Å². The number of hydrogen-bond acceptors (Lipinski definition) is 4. The highest BCUT2D eigenvalue weighted by Crippen LogP contribution is 2.12. The Morgan fingerprint density at radius 3 is 2.67 bits per heavy atom. The zero-order chi connectivity index (χ0) is 17.4. The number of nitrogens with zero attached hydrogens (tertiary/aromatic N) is 1. The molecule has 1 heterocycles. The Morgan fingerprint density at radius 1 is 1.25 bits per heavy atom. The number of amides is 1. The molecule has 1 unspecified atom stereocenters. The summed E-state index contributed by atoms with van der Waals surface area (Å²) in [6, 6.07) is 12.3. The van der Waals surface area contributed by atoms with Crippen molar-refractivity contribution in [3.05, 3.63) is 64.6 Å². The number of rotatable bonds is 8. The van der Waals surface area contributed by atoms with Crippen molar-refractivity contribution in [2.75, 3.05) is 13.7 Å². The summed E-state index contributed by atoms with van der Waals surface area (Å²) in [5, 5.41) is 12.6. The van der Waals surface area contributed by atoms with E-state index in [1.54, 1.807) is 25.4 Å². The second-order valence-electron chi connectivity index (χ2n) is 5.50. The van der Waals surface area contributed by atoms with Crippen LogP contribution in [0.4, 0.5) is 0 Å². The highest BCUT2D eigenvalue weighted by molar-refractivity contribution is 5.76. The predicted octanol–water partition coefficient (Wildman–Crippen LogP) is 0.967. The maximum absolute atomic E-state index is 11.8. The first kappa shape index (κ1) is 17.7. The highest BCUT2D eigenvalue weighted by atomic mass is 16.5. The van der Waals surface area contributed by atoms with Gasteiger partial charge >= 0.3 is 0 Å². The van der Waals surface area contributed by atoms with E-state index >= 15 is 0 Å². The Kier molecular flexibility index (Phi) is 6.57. The van der Waals surface area contributed by atoms with Crippen molar-refractivity contribution in [3.63, 3.8) is 0 Å². The quantitative estimate of drug-likeness (QED) is 0.756. The highest BCUT2D eigenvalue weighted by Gasteiger charge is 2.09. The predicted molar refractivity (Wildman–Crippen MR) is 91.0 cm³/mol. The van der Waals surface area contributed by atoms with Gasteiger partial charge in [0.05, 0.1) is 19.8 Å². The SMILES string of the molecule is COc1ccc(CCC(=O)NCC(O)Cn2ccccc2=O)cc1. The van der Waals surface area contributed by atoms with Gasteiger partial charge in [0, 0.05) is 25.2 Å². The molecular weight excluding hydrogens is 308 g/mol. The van der Waals surface area contributed by atoms with Gasteiger partial charge in [0.15, 0.2) is 0 Å². The minimum Gasteiger partial charge on any atom is -0.497 e. The summed E-state index contributed by atoms with van der Waals surface area (Å²) < 4.78 is 6.50. The maximum atomic E-state index is 11.8. The number of hydrogen-bond donors (Lipinski definition) is 2. The standard InChI is InChI=1S/C18H22N2O4/c1-24-16-8-5-14(6-9-16)7-10-17(22)19-12-15(21)13-20-11-3-2-4-18(20)23/h2-6,8-9,11,15,21H,7,10,12-13H2,1H3,(H,19,22). The van der Waals surface area contributed by atoms with Crippen LogP contribution in [0.2, 0.25) is 0 Å². The molecule has 1 aromatic carbocycles. The van der Waals surface area contributed by atoms with Gasteiger partial charge in [-0.25, -0.2) is 0 Å². The van der Waals surface area contributed by atoms with Gasteiger partial charge in [0.2, 0.25) is 5.91 Å². The van der Waals surface area contributed by atoms with E-state index in [0.29, 0.717) is 12.8 Å². The number of pyridine rings is 1. The lowest BCUT2D eigenvalue weighted by molar-refractivity contribution is -0.121. The Bertz CT molecular complexity index is 709. The molecule has 0 fully saturated rings. The van der Waals surface area contributed by atoms with Gasteiger partial charge in [-0.3, -0.25) is 9.59 Å². The van der Waals surface area contributed by atoms with E-state index < -0.39 is 6.10 Å². The lowest BCUT2D eigenvalue weighted by atomic mass is 10.1. The van der Waals surface area contributed by atoms with Crippen LogP contribution in [0.15, 0.2) is 53.5 Å². The third-order valence-electron chi connectivity index (χ3n) is 3.64.